The second-order valence-corrected chi connectivity index (χ2v) is 3.16. The van der Waals surface area contributed by atoms with Crippen molar-refractivity contribution in [3.8, 4) is 0 Å². The van der Waals surface area contributed by atoms with Gasteiger partial charge in [0.15, 0.2) is 5.89 Å². The summed E-state index contributed by atoms with van der Waals surface area (Å²) in [6.45, 7) is 2.10. The van der Waals surface area contributed by atoms with E-state index in [9.17, 15) is 0 Å². The van der Waals surface area contributed by atoms with Gasteiger partial charge in [-0.3, -0.25) is 0 Å². The third-order valence-corrected chi connectivity index (χ3v) is 2.39. The van der Waals surface area contributed by atoms with Gasteiger partial charge in [-0.15, -0.1) is 0 Å². The number of aryl methyl sites for hydroxylation is 1. The lowest BCUT2D eigenvalue weighted by Crippen LogP contribution is -2.08. The van der Waals surface area contributed by atoms with Crippen LogP contribution in [0.25, 0.3) is 0 Å². The normalized spacial score (nSPS) is 18.3. The van der Waals surface area contributed by atoms with E-state index in [1.165, 1.54) is 19.3 Å². The highest BCUT2D eigenvalue weighted by molar-refractivity contribution is 5.02. The molecule has 0 amide bonds. The Morgan fingerprint density at radius 3 is 2.91 bits per heavy atom. The fourth-order valence-corrected chi connectivity index (χ4v) is 1.33. The summed E-state index contributed by atoms with van der Waals surface area (Å²) in [6, 6.07) is 0. The summed E-state index contributed by atoms with van der Waals surface area (Å²) in [6.07, 6.45) is 6.64. The predicted octanol–water partition coefficient (Wildman–Crippen LogP) is 2.50. The first-order valence-electron chi connectivity index (χ1n) is 4.34. The molecule has 2 nitrogen and oxygen atoms in total. The Hall–Kier alpha value is -0.790. The van der Waals surface area contributed by atoms with E-state index in [1.807, 2.05) is 0 Å². The highest BCUT2D eigenvalue weighted by Gasteiger charge is 2.23. The van der Waals surface area contributed by atoms with Crippen LogP contribution >= 0.6 is 0 Å². The second kappa shape index (κ2) is 2.68. The predicted molar refractivity (Wildman–Crippen MR) is 42.5 cm³/mol. The Morgan fingerprint density at radius 1 is 1.64 bits per heavy atom. The molecule has 0 spiro atoms. The lowest BCUT2D eigenvalue weighted by Gasteiger charge is -2.21. The average Bonchev–Trinajstić information content (AvgIpc) is 2.32. The molecular weight excluding hydrogens is 138 g/mol. The molecule has 1 aromatic rings. The van der Waals surface area contributed by atoms with Gasteiger partial charge in [-0.1, -0.05) is 13.3 Å². The first kappa shape index (κ1) is 6.89. The van der Waals surface area contributed by atoms with Crippen molar-refractivity contribution in [2.75, 3.05) is 0 Å². The van der Waals surface area contributed by atoms with Crippen molar-refractivity contribution in [3.05, 3.63) is 17.8 Å². The Bertz CT molecular complexity index is 237. The highest BCUT2D eigenvalue weighted by atomic mass is 16.3. The molecule has 0 aliphatic heterocycles. The quantitative estimate of drug-likeness (QED) is 0.649. The van der Waals surface area contributed by atoms with Crippen molar-refractivity contribution >= 4 is 0 Å². The van der Waals surface area contributed by atoms with E-state index in [0.717, 1.165) is 18.0 Å². The molecule has 1 fully saturated rings. The summed E-state index contributed by atoms with van der Waals surface area (Å²) in [5.74, 6) is 1.60. The Morgan fingerprint density at radius 2 is 2.45 bits per heavy atom. The third kappa shape index (κ3) is 1.17. The molecule has 0 atom stereocenters. The fourth-order valence-electron chi connectivity index (χ4n) is 1.33. The Kier molecular flexibility index (Phi) is 1.68. The molecule has 11 heavy (non-hydrogen) atoms. The SMILES string of the molecule is CCc1coc(C2CCC2)n1. The van der Waals surface area contributed by atoms with E-state index >= 15 is 0 Å². The molecule has 0 aromatic carbocycles. The van der Waals surface area contributed by atoms with E-state index in [4.69, 9.17) is 4.42 Å². The van der Waals surface area contributed by atoms with Crippen molar-refractivity contribution in [2.45, 2.75) is 38.5 Å². The van der Waals surface area contributed by atoms with Gasteiger partial charge in [0.05, 0.1) is 5.69 Å². The van der Waals surface area contributed by atoms with Crippen LogP contribution < -0.4 is 0 Å². The monoisotopic (exact) mass is 151 g/mol. The lowest BCUT2D eigenvalue weighted by molar-refractivity contribution is 0.335. The van der Waals surface area contributed by atoms with Crippen molar-refractivity contribution in [1.82, 2.24) is 4.98 Å². The minimum Gasteiger partial charge on any atom is -0.448 e. The van der Waals surface area contributed by atoms with Gasteiger partial charge >= 0.3 is 0 Å². The molecule has 1 aliphatic carbocycles. The van der Waals surface area contributed by atoms with E-state index in [2.05, 4.69) is 11.9 Å². The van der Waals surface area contributed by atoms with Gasteiger partial charge < -0.3 is 4.42 Å². The molecular formula is C9H13NO. The van der Waals surface area contributed by atoms with E-state index < -0.39 is 0 Å². The van der Waals surface area contributed by atoms with Crippen LogP contribution in [0.3, 0.4) is 0 Å². The first-order valence-corrected chi connectivity index (χ1v) is 4.34. The maximum atomic E-state index is 5.35. The summed E-state index contributed by atoms with van der Waals surface area (Å²) < 4.78 is 5.35. The largest absolute Gasteiger partial charge is 0.448 e. The van der Waals surface area contributed by atoms with Crippen molar-refractivity contribution in [3.63, 3.8) is 0 Å². The molecule has 1 heterocycles. The minimum atomic E-state index is 0.635. The van der Waals surface area contributed by atoms with E-state index in [-0.39, 0.29) is 0 Å². The smallest absolute Gasteiger partial charge is 0.197 e. The number of hydrogen-bond acceptors (Lipinski definition) is 2. The molecule has 0 bridgehead atoms. The maximum Gasteiger partial charge on any atom is 0.197 e. The van der Waals surface area contributed by atoms with Gasteiger partial charge in [0.1, 0.15) is 6.26 Å². The van der Waals surface area contributed by atoms with Crippen LogP contribution in [0.2, 0.25) is 0 Å². The summed E-state index contributed by atoms with van der Waals surface area (Å²) in [4.78, 5) is 4.38. The van der Waals surface area contributed by atoms with Gasteiger partial charge in [-0.2, -0.15) is 0 Å². The molecule has 0 radical (unpaired) electrons. The van der Waals surface area contributed by atoms with Gasteiger partial charge in [-0.05, 0) is 19.3 Å². The molecule has 60 valence electrons. The molecule has 0 saturated heterocycles. The summed E-state index contributed by atoms with van der Waals surface area (Å²) in [7, 11) is 0. The van der Waals surface area contributed by atoms with Crippen molar-refractivity contribution in [1.29, 1.82) is 0 Å². The van der Waals surface area contributed by atoms with Crippen LogP contribution in [0.5, 0.6) is 0 Å². The van der Waals surface area contributed by atoms with E-state index in [0.29, 0.717) is 5.92 Å². The van der Waals surface area contributed by atoms with Crippen LogP contribution in [-0.2, 0) is 6.42 Å². The number of hydrogen-bond donors (Lipinski definition) is 0. The maximum absolute atomic E-state index is 5.35. The lowest BCUT2D eigenvalue weighted by atomic mass is 9.85. The highest BCUT2D eigenvalue weighted by Crippen LogP contribution is 2.35. The summed E-state index contributed by atoms with van der Waals surface area (Å²) >= 11 is 0. The van der Waals surface area contributed by atoms with Crippen LogP contribution in [0.4, 0.5) is 0 Å². The minimum absolute atomic E-state index is 0.635. The Labute approximate surface area is 66.6 Å². The number of aromatic nitrogens is 1. The fraction of sp³-hybridized carbons (Fsp3) is 0.667. The Balaban J connectivity index is 2.11. The van der Waals surface area contributed by atoms with Crippen LogP contribution in [0, 0.1) is 0 Å². The topological polar surface area (TPSA) is 26.0 Å². The van der Waals surface area contributed by atoms with Crippen molar-refractivity contribution < 1.29 is 4.42 Å². The molecule has 0 unspecified atom stereocenters. The third-order valence-electron chi connectivity index (χ3n) is 2.39. The van der Waals surface area contributed by atoms with Crippen molar-refractivity contribution in [2.24, 2.45) is 0 Å². The number of rotatable bonds is 2. The zero-order chi connectivity index (χ0) is 7.68. The summed E-state index contributed by atoms with van der Waals surface area (Å²) in [5.41, 5.74) is 1.09. The molecule has 1 aromatic heterocycles. The number of oxazole rings is 1. The molecule has 1 aliphatic rings. The van der Waals surface area contributed by atoms with Gasteiger partial charge in [0.2, 0.25) is 0 Å². The van der Waals surface area contributed by atoms with Crippen LogP contribution in [-0.4, -0.2) is 4.98 Å². The molecule has 0 N–H and O–H groups in total. The average molecular weight is 151 g/mol. The molecule has 2 rings (SSSR count). The van der Waals surface area contributed by atoms with Gasteiger partial charge in [-0.25, -0.2) is 4.98 Å². The van der Waals surface area contributed by atoms with Crippen LogP contribution in [0.15, 0.2) is 10.7 Å². The second-order valence-electron chi connectivity index (χ2n) is 3.16. The van der Waals surface area contributed by atoms with Crippen LogP contribution in [0.1, 0.15) is 43.7 Å². The zero-order valence-corrected chi connectivity index (χ0v) is 6.84. The molecule has 1 saturated carbocycles. The molecule has 2 heteroatoms. The zero-order valence-electron chi connectivity index (χ0n) is 6.84. The van der Waals surface area contributed by atoms with Gasteiger partial charge in [0, 0.05) is 5.92 Å². The standard InChI is InChI=1S/C9H13NO/c1-2-8-6-11-9(10-8)7-4-3-5-7/h6-7H,2-5H2,1H3. The number of nitrogens with zero attached hydrogens (tertiary/aromatic N) is 1. The van der Waals surface area contributed by atoms with E-state index in [1.54, 1.807) is 6.26 Å². The first-order chi connectivity index (χ1) is 5.40. The van der Waals surface area contributed by atoms with Gasteiger partial charge in [0.25, 0.3) is 0 Å². The summed E-state index contributed by atoms with van der Waals surface area (Å²) in [5, 5.41) is 0.